The van der Waals surface area contributed by atoms with Crippen LogP contribution in [-0.4, -0.2) is 40.3 Å². The Kier molecular flexibility index (Phi) is 4.79. The van der Waals surface area contributed by atoms with Crippen molar-refractivity contribution in [2.45, 2.75) is 19.8 Å². The second-order valence-electron chi connectivity index (χ2n) is 5.46. The van der Waals surface area contributed by atoms with E-state index in [2.05, 4.69) is 20.4 Å². The van der Waals surface area contributed by atoms with Crippen molar-refractivity contribution in [3.63, 3.8) is 0 Å². The lowest BCUT2D eigenvalue weighted by Gasteiger charge is -2.11. The van der Waals surface area contributed by atoms with Crippen molar-refractivity contribution in [1.82, 2.24) is 19.6 Å². The number of rotatable bonds is 7. The van der Waals surface area contributed by atoms with Crippen LogP contribution >= 0.6 is 0 Å². The van der Waals surface area contributed by atoms with Crippen LogP contribution in [0.1, 0.15) is 17.7 Å². The van der Waals surface area contributed by atoms with Crippen LogP contribution in [0.3, 0.4) is 0 Å². The summed E-state index contributed by atoms with van der Waals surface area (Å²) in [6, 6.07) is 7.83. The largest absolute Gasteiger partial charge is 0.497 e. The Morgan fingerprint density at radius 2 is 2.04 bits per heavy atom. The van der Waals surface area contributed by atoms with Crippen molar-refractivity contribution in [1.29, 1.82) is 0 Å². The van der Waals surface area contributed by atoms with Gasteiger partial charge in [-0.05, 0) is 43.5 Å². The fourth-order valence-electron chi connectivity index (χ4n) is 2.63. The van der Waals surface area contributed by atoms with Crippen molar-refractivity contribution in [2.24, 2.45) is 0 Å². The van der Waals surface area contributed by atoms with Crippen molar-refractivity contribution in [2.75, 3.05) is 26.1 Å². The quantitative estimate of drug-likeness (QED) is 0.672. The summed E-state index contributed by atoms with van der Waals surface area (Å²) in [5, 5.41) is 7.59. The summed E-state index contributed by atoms with van der Waals surface area (Å²) in [6.07, 6.45) is 3.34. The second-order valence-corrected chi connectivity index (χ2v) is 5.46. The number of aryl methyl sites for hydroxylation is 2. The van der Waals surface area contributed by atoms with Crippen molar-refractivity contribution in [3.8, 4) is 11.5 Å². The van der Waals surface area contributed by atoms with E-state index in [1.165, 1.54) is 6.33 Å². The minimum absolute atomic E-state index is 0.604. The first-order valence-corrected chi connectivity index (χ1v) is 7.83. The first kappa shape index (κ1) is 16.0. The number of nitrogens with one attached hydrogen (secondary N) is 1. The average molecular weight is 327 g/mol. The molecular weight excluding hydrogens is 306 g/mol. The van der Waals surface area contributed by atoms with Gasteiger partial charge in [0.15, 0.2) is 0 Å². The van der Waals surface area contributed by atoms with Gasteiger partial charge in [-0.25, -0.2) is 4.98 Å². The van der Waals surface area contributed by atoms with Crippen LogP contribution in [-0.2, 0) is 6.42 Å². The highest BCUT2D eigenvalue weighted by molar-refractivity contribution is 5.45. The van der Waals surface area contributed by atoms with E-state index in [-0.39, 0.29) is 0 Å². The molecule has 0 aliphatic heterocycles. The first-order valence-electron chi connectivity index (χ1n) is 7.83. The molecule has 24 heavy (non-hydrogen) atoms. The van der Waals surface area contributed by atoms with Crippen LogP contribution in [0.5, 0.6) is 11.5 Å². The van der Waals surface area contributed by atoms with E-state index >= 15 is 0 Å². The Balaban J connectivity index is 1.64. The summed E-state index contributed by atoms with van der Waals surface area (Å²) >= 11 is 0. The molecule has 126 valence electrons. The lowest BCUT2D eigenvalue weighted by atomic mass is 10.1. The zero-order valence-corrected chi connectivity index (χ0v) is 14.1. The predicted octanol–water partition coefficient (Wildman–Crippen LogP) is 2.49. The van der Waals surface area contributed by atoms with E-state index in [1.54, 1.807) is 18.7 Å². The minimum Gasteiger partial charge on any atom is -0.497 e. The molecule has 3 aromatic rings. The third-order valence-electron chi connectivity index (χ3n) is 3.80. The SMILES string of the molecule is COc1ccc(OC)c(CCCNc2cc(C)nc3ncnn23)c1. The van der Waals surface area contributed by atoms with Crippen molar-refractivity contribution < 1.29 is 9.47 Å². The molecule has 2 aromatic heterocycles. The Labute approximate surface area is 140 Å². The van der Waals surface area contributed by atoms with E-state index in [0.717, 1.165) is 48.0 Å². The molecule has 0 saturated heterocycles. The van der Waals surface area contributed by atoms with Gasteiger partial charge in [-0.15, -0.1) is 0 Å². The van der Waals surface area contributed by atoms with Gasteiger partial charge in [0.2, 0.25) is 0 Å². The Morgan fingerprint density at radius 1 is 1.17 bits per heavy atom. The maximum Gasteiger partial charge on any atom is 0.254 e. The van der Waals surface area contributed by atoms with Crippen LogP contribution < -0.4 is 14.8 Å². The van der Waals surface area contributed by atoms with Crippen molar-refractivity contribution in [3.05, 3.63) is 41.9 Å². The summed E-state index contributed by atoms with van der Waals surface area (Å²) in [5.74, 6) is 3.22. The van der Waals surface area contributed by atoms with Crippen LogP contribution in [0.4, 0.5) is 5.82 Å². The molecule has 1 N–H and O–H groups in total. The van der Waals surface area contributed by atoms with Gasteiger partial charge < -0.3 is 14.8 Å². The molecule has 2 heterocycles. The standard InChI is InChI=1S/C17H21N5O2/c1-12-9-16(22-17(21-12)19-11-20-22)18-8-4-5-13-10-14(23-2)6-7-15(13)24-3/h6-7,9-11,18H,4-5,8H2,1-3H3. The maximum atomic E-state index is 5.42. The first-order chi connectivity index (χ1) is 11.7. The maximum absolute atomic E-state index is 5.42. The number of hydrogen-bond donors (Lipinski definition) is 1. The molecule has 0 fully saturated rings. The molecule has 0 amide bonds. The highest BCUT2D eigenvalue weighted by atomic mass is 16.5. The van der Waals surface area contributed by atoms with Gasteiger partial charge in [-0.1, -0.05) is 0 Å². The molecule has 1 aromatic carbocycles. The molecule has 7 heteroatoms. The van der Waals surface area contributed by atoms with Crippen LogP contribution in [0.2, 0.25) is 0 Å². The Bertz CT molecular complexity index is 831. The summed E-state index contributed by atoms with van der Waals surface area (Å²) in [7, 11) is 3.35. The second kappa shape index (κ2) is 7.16. The zero-order chi connectivity index (χ0) is 16.9. The summed E-state index contributed by atoms with van der Waals surface area (Å²) in [6.45, 7) is 2.75. The number of methoxy groups -OCH3 is 2. The summed E-state index contributed by atoms with van der Waals surface area (Å²) < 4.78 is 12.4. The molecule has 0 bridgehead atoms. The molecule has 3 rings (SSSR count). The number of anilines is 1. The van der Waals surface area contributed by atoms with E-state index < -0.39 is 0 Å². The third-order valence-corrected chi connectivity index (χ3v) is 3.80. The highest BCUT2D eigenvalue weighted by Crippen LogP contribution is 2.25. The Hall–Kier alpha value is -2.83. The summed E-state index contributed by atoms with van der Waals surface area (Å²) in [5.41, 5.74) is 2.04. The molecule has 0 aliphatic rings. The molecule has 0 aliphatic carbocycles. The number of hydrogen-bond acceptors (Lipinski definition) is 6. The van der Waals surface area contributed by atoms with Crippen molar-refractivity contribution >= 4 is 11.6 Å². The van der Waals surface area contributed by atoms with E-state index in [0.29, 0.717) is 5.78 Å². The molecule has 0 atom stereocenters. The van der Waals surface area contributed by atoms with Gasteiger partial charge in [-0.2, -0.15) is 14.6 Å². The summed E-state index contributed by atoms with van der Waals surface area (Å²) in [4.78, 5) is 8.46. The predicted molar refractivity (Wildman–Crippen MR) is 91.9 cm³/mol. The number of aromatic nitrogens is 4. The number of ether oxygens (including phenoxy) is 2. The molecular formula is C17H21N5O2. The Morgan fingerprint density at radius 3 is 2.83 bits per heavy atom. The zero-order valence-electron chi connectivity index (χ0n) is 14.1. The monoisotopic (exact) mass is 327 g/mol. The van der Waals surface area contributed by atoms with Gasteiger partial charge in [0.05, 0.1) is 14.2 Å². The molecule has 0 unspecified atom stereocenters. The van der Waals surface area contributed by atoms with Crippen LogP contribution in [0, 0.1) is 6.92 Å². The fraction of sp³-hybridized carbons (Fsp3) is 0.353. The van der Waals surface area contributed by atoms with Gasteiger partial charge in [0, 0.05) is 18.3 Å². The molecule has 0 saturated carbocycles. The molecule has 7 nitrogen and oxygen atoms in total. The third kappa shape index (κ3) is 3.40. The lowest BCUT2D eigenvalue weighted by Crippen LogP contribution is -2.09. The molecule has 0 radical (unpaired) electrons. The number of fused-ring (bicyclic) bond motifs is 1. The smallest absolute Gasteiger partial charge is 0.254 e. The van der Waals surface area contributed by atoms with Gasteiger partial charge >= 0.3 is 0 Å². The van der Waals surface area contributed by atoms with Gasteiger partial charge in [0.25, 0.3) is 5.78 Å². The number of benzene rings is 1. The van der Waals surface area contributed by atoms with Crippen LogP contribution in [0.25, 0.3) is 5.78 Å². The lowest BCUT2D eigenvalue weighted by molar-refractivity contribution is 0.398. The average Bonchev–Trinajstić information content (AvgIpc) is 3.06. The van der Waals surface area contributed by atoms with Gasteiger partial charge in [0.1, 0.15) is 23.6 Å². The highest BCUT2D eigenvalue weighted by Gasteiger charge is 2.07. The van der Waals surface area contributed by atoms with Gasteiger partial charge in [-0.3, -0.25) is 0 Å². The fourth-order valence-corrected chi connectivity index (χ4v) is 2.63. The van der Waals surface area contributed by atoms with E-state index in [9.17, 15) is 0 Å². The molecule has 0 spiro atoms. The van der Waals surface area contributed by atoms with E-state index in [1.807, 2.05) is 31.2 Å². The topological polar surface area (TPSA) is 73.6 Å². The van der Waals surface area contributed by atoms with Crippen LogP contribution in [0.15, 0.2) is 30.6 Å². The van der Waals surface area contributed by atoms with E-state index in [4.69, 9.17) is 9.47 Å². The minimum atomic E-state index is 0.604. The normalized spacial score (nSPS) is 10.8. The number of nitrogens with zero attached hydrogens (tertiary/aromatic N) is 4.